The Hall–Kier alpha value is -1.88. The molecule has 1 fully saturated rings. The van der Waals surface area contributed by atoms with Crippen molar-refractivity contribution in [1.29, 1.82) is 0 Å². The summed E-state index contributed by atoms with van der Waals surface area (Å²) >= 11 is 0. The first-order valence-electron chi connectivity index (χ1n) is 6.68. The number of amides is 1. The number of nitrogens with one attached hydrogen (secondary N) is 3. The van der Waals surface area contributed by atoms with Crippen molar-refractivity contribution in [2.75, 3.05) is 11.9 Å². The van der Waals surface area contributed by atoms with E-state index in [-0.39, 0.29) is 5.91 Å². The third-order valence-corrected chi connectivity index (χ3v) is 3.84. The van der Waals surface area contributed by atoms with E-state index < -0.39 is 5.54 Å². The van der Waals surface area contributed by atoms with Crippen molar-refractivity contribution in [3.63, 3.8) is 0 Å². The Morgan fingerprint density at radius 2 is 2.32 bits per heavy atom. The first-order chi connectivity index (χ1) is 9.19. The van der Waals surface area contributed by atoms with Gasteiger partial charge in [-0.15, -0.1) is 0 Å². The van der Waals surface area contributed by atoms with E-state index in [9.17, 15) is 4.79 Å². The first-order valence-corrected chi connectivity index (χ1v) is 6.68. The number of piperidine rings is 1. The number of fused-ring (bicyclic) bond motifs is 1. The molecule has 2 aromatic rings. The lowest BCUT2D eigenvalue weighted by Gasteiger charge is -2.33. The number of aromatic amines is 1. The summed E-state index contributed by atoms with van der Waals surface area (Å²) in [6.07, 6.45) is 4.85. The summed E-state index contributed by atoms with van der Waals surface area (Å²) in [5.41, 5.74) is 1.18. The van der Waals surface area contributed by atoms with Gasteiger partial charge in [-0.3, -0.25) is 9.89 Å². The van der Waals surface area contributed by atoms with Crippen LogP contribution >= 0.6 is 0 Å². The van der Waals surface area contributed by atoms with Crippen molar-refractivity contribution in [3.05, 3.63) is 24.4 Å². The fourth-order valence-corrected chi connectivity index (χ4v) is 2.58. The Labute approximate surface area is 111 Å². The Kier molecular flexibility index (Phi) is 2.98. The van der Waals surface area contributed by atoms with Gasteiger partial charge in [0.25, 0.3) is 0 Å². The summed E-state index contributed by atoms with van der Waals surface area (Å²) in [5.74, 6) is 0.0225. The van der Waals surface area contributed by atoms with Crippen LogP contribution in [0.15, 0.2) is 24.4 Å². The molecule has 1 unspecified atom stereocenters. The average Bonchev–Trinajstić information content (AvgIpc) is 2.89. The molecule has 0 spiro atoms. The van der Waals surface area contributed by atoms with Gasteiger partial charge in [0, 0.05) is 5.39 Å². The van der Waals surface area contributed by atoms with Crippen molar-refractivity contribution >= 4 is 22.5 Å². The number of rotatable bonds is 2. The molecule has 19 heavy (non-hydrogen) atoms. The van der Waals surface area contributed by atoms with Crippen LogP contribution in [0.5, 0.6) is 0 Å². The van der Waals surface area contributed by atoms with Crippen LogP contribution in [0.4, 0.5) is 5.69 Å². The van der Waals surface area contributed by atoms with Gasteiger partial charge in [0.05, 0.1) is 22.9 Å². The topological polar surface area (TPSA) is 69.8 Å². The number of hydrogen-bond acceptors (Lipinski definition) is 3. The highest BCUT2D eigenvalue weighted by Crippen LogP contribution is 2.24. The number of nitrogens with zero attached hydrogens (tertiary/aromatic N) is 1. The number of carbonyl (C=O) groups is 1. The Balaban J connectivity index is 1.84. The van der Waals surface area contributed by atoms with Crippen LogP contribution in [0, 0.1) is 0 Å². The molecule has 0 bridgehead atoms. The molecular formula is C14H18N4O. The van der Waals surface area contributed by atoms with E-state index in [0.717, 1.165) is 42.4 Å². The standard InChI is InChI=1S/C14H18N4O/c1-14(7-2-3-8-15-14)13(19)17-11-6-4-5-10-9-16-18-12(10)11/h4-6,9,15H,2-3,7-8H2,1H3,(H,16,18)(H,17,19). The molecule has 3 rings (SSSR count). The predicted octanol–water partition coefficient (Wildman–Crippen LogP) is 2.03. The maximum atomic E-state index is 12.4. The number of carbonyl (C=O) groups excluding carboxylic acids is 1. The van der Waals surface area contributed by atoms with E-state index in [4.69, 9.17) is 0 Å². The van der Waals surface area contributed by atoms with Gasteiger partial charge in [0.2, 0.25) is 5.91 Å². The SMILES string of the molecule is CC1(C(=O)Nc2cccc3cn[nH]c23)CCCCN1. The molecule has 0 saturated carbocycles. The lowest BCUT2D eigenvalue weighted by molar-refractivity contribution is -0.122. The van der Waals surface area contributed by atoms with Gasteiger partial charge in [-0.1, -0.05) is 12.1 Å². The second-order valence-corrected chi connectivity index (χ2v) is 5.31. The highest BCUT2D eigenvalue weighted by atomic mass is 16.2. The lowest BCUT2D eigenvalue weighted by Crippen LogP contribution is -2.54. The van der Waals surface area contributed by atoms with E-state index in [1.807, 2.05) is 25.1 Å². The molecule has 1 atom stereocenters. The molecule has 1 aromatic heterocycles. The zero-order chi connectivity index (χ0) is 13.3. The van der Waals surface area contributed by atoms with Crippen molar-refractivity contribution in [3.8, 4) is 0 Å². The molecule has 0 radical (unpaired) electrons. The summed E-state index contributed by atoms with van der Waals surface area (Å²) < 4.78 is 0. The fourth-order valence-electron chi connectivity index (χ4n) is 2.58. The maximum absolute atomic E-state index is 12.4. The highest BCUT2D eigenvalue weighted by molar-refractivity contribution is 6.03. The summed E-state index contributed by atoms with van der Waals surface area (Å²) in [6, 6.07) is 5.78. The third kappa shape index (κ3) is 2.21. The minimum atomic E-state index is -0.472. The number of aromatic nitrogens is 2. The summed E-state index contributed by atoms with van der Waals surface area (Å²) in [4.78, 5) is 12.4. The second kappa shape index (κ2) is 4.66. The molecule has 1 aliphatic heterocycles. The van der Waals surface area contributed by atoms with Crippen LogP contribution in [-0.2, 0) is 4.79 Å². The van der Waals surface area contributed by atoms with E-state index in [1.165, 1.54) is 0 Å². The van der Waals surface area contributed by atoms with Crippen molar-refractivity contribution < 1.29 is 4.79 Å². The Morgan fingerprint density at radius 3 is 3.11 bits per heavy atom. The molecule has 3 N–H and O–H groups in total. The van der Waals surface area contributed by atoms with Crippen LogP contribution in [0.2, 0.25) is 0 Å². The second-order valence-electron chi connectivity index (χ2n) is 5.31. The minimum absolute atomic E-state index is 0.0225. The van der Waals surface area contributed by atoms with E-state index in [2.05, 4.69) is 20.8 Å². The van der Waals surface area contributed by atoms with E-state index >= 15 is 0 Å². The molecule has 5 heteroatoms. The average molecular weight is 258 g/mol. The van der Waals surface area contributed by atoms with Gasteiger partial charge < -0.3 is 10.6 Å². The molecule has 5 nitrogen and oxygen atoms in total. The molecule has 1 saturated heterocycles. The molecule has 1 amide bonds. The zero-order valence-corrected chi connectivity index (χ0v) is 11.0. The number of anilines is 1. The number of H-pyrrole nitrogens is 1. The molecule has 1 aliphatic rings. The number of hydrogen-bond donors (Lipinski definition) is 3. The van der Waals surface area contributed by atoms with Crippen molar-refractivity contribution in [2.24, 2.45) is 0 Å². The normalized spacial score (nSPS) is 23.4. The first kappa shape index (κ1) is 12.2. The minimum Gasteiger partial charge on any atom is -0.323 e. The molecular weight excluding hydrogens is 240 g/mol. The van der Waals surface area contributed by atoms with Gasteiger partial charge >= 0.3 is 0 Å². The monoisotopic (exact) mass is 258 g/mol. The quantitative estimate of drug-likeness (QED) is 0.772. The highest BCUT2D eigenvalue weighted by Gasteiger charge is 2.34. The summed E-state index contributed by atoms with van der Waals surface area (Å²) in [6.45, 7) is 2.87. The Morgan fingerprint density at radius 1 is 1.42 bits per heavy atom. The van der Waals surface area contributed by atoms with E-state index in [0.29, 0.717) is 0 Å². The summed E-state index contributed by atoms with van der Waals surface area (Å²) in [5, 5.41) is 14.3. The van der Waals surface area contributed by atoms with Crippen LogP contribution in [0.3, 0.4) is 0 Å². The fraction of sp³-hybridized carbons (Fsp3) is 0.429. The van der Waals surface area contributed by atoms with Gasteiger partial charge in [-0.05, 0) is 38.8 Å². The van der Waals surface area contributed by atoms with Gasteiger partial charge in [-0.2, -0.15) is 5.10 Å². The summed E-state index contributed by atoms with van der Waals surface area (Å²) in [7, 11) is 0. The van der Waals surface area contributed by atoms with Gasteiger partial charge in [0.15, 0.2) is 0 Å². The predicted molar refractivity (Wildman–Crippen MR) is 75.0 cm³/mol. The maximum Gasteiger partial charge on any atom is 0.244 e. The van der Waals surface area contributed by atoms with Gasteiger partial charge in [-0.25, -0.2) is 0 Å². The molecule has 100 valence electrons. The van der Waals surface area contributed by atoms with E-state index in [1.54, 1.807) is 6.20 Å². The van der Waals surface area contributed by atoms with Crippen molar-refractivity contribution in [2.45, 2.75) is 31.7 Å². The number of benzene rings is 1. The smallest absolute Gasteiger partial charge is 0.244 e. The number of para-hydroxylation sites is 1. The van der Waals surface area contributed by atoms with Crippen LogP contribution < -0.4 is 10.6 Å². The molecule has 0 aliphatic carbocycles. The zero-order valence-electron chi connectivity index (χ0n) is 11.0. The van der Waals surface area contributed by atoms with Crippen LogP contribution in [0.1, 0.15) is 26.2 Å². The Bertz CT molecular complexity index is 598. The van der Waals surface area contributed by atoms with Crippen LogP contribution in [0.25, 0.3) is 10.9 Å². The molecule has 2 heterocycles. The molecule has 1 aromatic carbocycles. The lowest BCUT2D eigenvalue weighted by atomic mass is 9.90. The third-order valence-electron chi connectivity index (χ3n) is 3.84. The van der Waals surface area contributed by atoms with Gasteiger partial charge in [0.1, 0.15) is 0 Å². The largest absolute Gasteiger partial charge is 0.323 e. The van der Waals surface area contributed by atoms with Crippen molar-refractivity contribution in [1.82, 2.24) is 15.5 Å². The van der Waals surface area contributed by atoms with Crippen LogP contribution in [-0.4, -0.2) is 28.2 Å².